The summed E-state index contributed by atoms with van der Waals surface area (Å²) >= 11 is 0. The first-order valence-corrected chi connectivity index (χ1v) is 10.3. The van der Waals surface area contributed by atoms with Gasteiger partial charge in [-0.15, -0.1) is 0 Å². The first kappa shape index (κ1) is 17.4. The fourth-order valence-corrected chi connectivity index (χ4v) is 4.52. The van der Waals surface area contributed by atoms with Crippen molar-refractivity contribution in [3.63, 3.8) is 0 Å². The molecule has 0 unspecified atom stereocenters. The van der Waals surface area contributed by atoms with Gasteiger partial charge in [-0.3, -0.25) is 9.78 Å². The number of imidazole rings is 1. The fourth-order valence-electron chi connectivity index (χ4n) is 4.52. The Morgan fingerprint density at radius 2 is 1.97 bits per heavy atom. The topological polar surface area (TPSA) is 87.9 Å². The van der Waals surface area contributed by atoms with E-state index in [4.69, 9.17) is 9.40 Å². The van der Waals surface area contributed by atoms with Crippen molar-refractivity contribution in [3.05, 3.63) is 77.8 Å². The van der Waals surface area contributed by atoms with E-state index >= 15 is 0 Å². The van der Waals surface area contributed by atoms with E-state index in [0.717, 1.165) is 46.4 Å². The predicted molar refractivity (Wildman–Crippen MR) is 110 cm³/mol. The third-order valence-corrected chi connectivity index (χ3v) is 6.17. The van der Waals surface area contributed by atoms with Crippen molar-refractivity contribution in [2.75, 3.05) is 6.54 Å². The zero-order valence-corrected chi connectivity index (χ0v) is 16.6. The number of hydrogen-bond acceptors (Lipinski definition) is 5. The second-order valence-corrected chi connectivity index (χ2v) is 8.26. The number of H-pyrrole nitrogens is 1. The number of aromatic nitrogens is 4. The van der Waals surface area contributed by atoms with E-state index in [2.05, 4.69) is 34.0 Å². The van der Waals surface area contributed by atoms with Gasteiger partial charge in [0.25, 0.3) is 5.91 Å². The van der Waals surface area contributed by atoms with Crippen LogP contribution >= 0.6 is 0 Å². The molecule has 0 spiro atoms. The third-order valence-electron chi connectivity index (χ3n) is 6.17. The molecule has 0 bridgehead atoms. The van der Waals surface area contributed by atoms with Crippen LogP contribution in [0.4, 0.5) is 0 Å². The summed E-state index contributed by atoms with van der Waals surface area (Å²) in [4.78, 5) is 32.4. The maximum absolute atomic E-state index is 13.7. The summed E-state index contributed by atoms with van der Waals surface area (Å²) in [5.41, 5.74) is 3.50. The zero-order chi connectivity index (χ0) is 20.2. The minimum absolute atomic E-state index is 0.110. The van der Waals surface area contributed by atoms with E-state index in [0.29, 0.717) is 18.2 Å². The molecular weight excluding hydrogens is 378 g/mol. The van der Waals surface area contributed by atoms with Crippen molar-refractivity contribution in [2.24, 2.45) is 0 Å². The van der Waals surface area contributed by atoms with Gasteiger partial charge in [0.05, 0.1) is 29.1 Å². The van der Waals surface area contributed by atoms with Gasteiger partial charge < -0.3 is 14.3 Å². The number of nitrogens with zero attached hydrogens (tertiary/aromatic N) is 4. The molecule has 1 saturated carbocycles. The van der Waals surface area contributed by atoms with Crippen LogP contribution in [0, 0.1) is 0 Å². The number of hydrogen-bond donors (Lipinski definition) is 1. The monoisotopic (exact) mass is 399 g/mol. The molecule has 30 heavy (non-hydrogen) atoms. The Bertz CT molecular complexity index is 1260. The van der Waals surface area contributed by atoms with Crippen molar-refractivity contribution >= 4 is 16.7 Å². The van der Waals surface area contributed by atoms with Crippen LogP contribution < -0.4 is 0 Å². The molecule has 2 atom stereocenters. The molecule has 150 valence electrons. The lowest BCUT2D eigenvalue weighted by Gasteiger charge is -2.37. The van der Waals surface area contributed by atoms with Gasteiger partial charge in [-0.05, 0) is 24.3 Å². The van der Waals surface area contributed by atoms with Gasteiger partial charge in [0, 0.05) is 30.0 Å². The predicted octanol–water partition coefficient (Wildman–Crippen LogP) is 4.17. The molecule has 7 nitrogen and oxygen atoms in total. The lowest BCUT2D eigenvalue weighted by atomic mass is 9.92. The number of pyridine rings is 1. The molecule has 0 saturated heterocycles. The number of carbonyl (C=O) groups is 1. The van der Waals surface area contributed by atoms with Crippen molar-refractivity contribution in [1.82, 2.24) is 24.8 Å². The highest BCUT2D eigenvalue weighted by atomic mass is 16.3. The smallest absolute Gasteiger partial charge is 0.292 e. The molecule has 3 aromatic heterocycles. The molecule has 6 rings (SSSR count). The Balaban J connectivity index is 1.48. The van der Waals surface area contributed by atoms with Crippen LogP contribution in [0.1, 0.15) is 71.0 Å². The molecule has 1 aliphatic carbocycles. The molecule has 0 radical (unpaired) electrons. The molecule has 1 fully saturated rings. The SMILES string of the molecule is C[C@@H]1CN(C(=O)c2ocnc2C2CC2)[C@H](c2cc3ccccc3cn2)c2[nH]cnc21. The first-order valence-electron chi connectivity index (χ1n) is 10.3. The second-order valence-electron chi connectivity index (χ2n) is 8.26. The minimum Gasteiger partial charge on any atom is -0.438 e. The lowest BCUT2D eigenvalue weighted by molar-refractivity contribution is 0.0635. The van der Waals surface area contributed by atoms with Gasteiger partial charge >= 0.3 is 0 Å². The summed E-state index contributed by atoms with van der Waals surface area (Å²) in [7, 11) is 0. The molecule has 4 heterocycles. The van der Waals surface area contributed by atoms with Gasteiger partial charge in [0.15, 0.2) is 6.39 Å². The molecule has 1 N–H and O–H groups in total. The Morgan fingerprint density at radius 1 is 1.13 bits per heavy atom. The van der Waals surface area contributed by atoms with Crippen molar-refractivity contribution < 1.29 is 9.21 Å². The van der Waals surface area contributed by atoms with Gasteiger partial charge in [0.1, 0.15) is 6.04 Å². The summed E-state index contributed by atoms with van der Waals surface area (Å²) in [5, 5.41) is 2.16. The van der Waals surface area contributed by atoms with E-state index < -0.39 is 0 Å². The quantitative estimate of drug-likeness (QED) is 0.559. The lowest BCUT2D eigenvalue weighted by Crippen LogP contribution is -2.42. The van der Waals surface area contributed by atoms with Crippen molar-refractivity contribution in [2.45, 2.75) is 37.6 Å². The average Bonchev–Trinajstić information content (AvgIpc) is 3.28. The van der Waals surface area contributed by atoms with E-state index in [-0.39, 0.29) is 17.9 Å². The van der Waals surface area contributed by atoms with Gasteiger partial charge in [-0.1, -0.05) is 31.2 Å². The number of aromatic amines is 1. The zero-order valence-electron chi connectivity index (χ0n) is 16.6. The van der Waals surface area contributed by atoms with Crippen LogP contribution in [0.2, 0.25) is 0 Å². The van der Waals surface area contributed by atoms with Gasteiger partial charge in [-0.2, -0.15) is 0 Å². The summed E-state index contributed by atoms with van der Waals surface area (Å²) in [6.45, 7) is 2.63. The number of benzene rings is 1. The summed E-state index contributed by atoms with van der Waals surface area (Å²) in [5.74, 6) is 0.670. The standard InChI is InChI=1S/C23H21N5O2/c1-13-10-28(23(29)22-19(14-6-7-14)27-12-30-22)21(20-18(13)25-11-26-20)17-8-15-4-2-3-5-16(15)9-24-17/h2-5,8-9,11-14,21H,6-7,10H2,1H3,(H,25,26)/t13-,21-/m1/s1. The third kappa shape index (κ3) is 2.65. The summed E-state index contributed by atoms with van der Waals surface area (Å²) < 4.78 is 5.59. The Morgan fingerprint density at radius 3 is 2.80 bits per heavy atom. The first-order chi connectivity index (χ1) is 14.7. The Labute approximate surface area is 173 Å². The van der Waals surface area contributed by atoms with E-state index in [9.17, 15) is 4.79 Å². The highest BCUT2D eigenvalue weighted by Crippen LogP contribution is 2.43. The number of nitrogens with one attached hydrogen (secondary N) is 1. The molecule has 7 heteroatoms. The van der Waals surface area contributed by atoms with Gasteiger partial charge in [-0.25, -0.2) is 9.97 Å². The largest absolute Gasteiger partial charge is 0.438 e. The molecule has 4 aromatic rings. The van der Waals surface area contributed by atoms with Crippen LogP contribution in [-0.4, -0.2) is 37.3 Å². The van der Waals surface area contributed by atoms with E-state index in [1.165, 1.54) is 6.39 Å². The molecule has 1 aromatic carbocycles. The van der Waals surface area contributed by atoms with Crippen molar-refractivity contribution in [1.29, 1.82) is 0 Å². The summed E-state index contributed by atoms with van der Waals surface area (Å²) in [6.07, 6.45) is 7.07. The molecule has 2 aliphatic rings. The van der Waals surface area contributed by atoms with Gasteiger partial charge in [0.2, 0.25) is 5.76 Å². The van der Waals surface area contributed by atoms with Crippen LogP contribution in [0.25, 0.3) is 10.8 Å². The highest BCUT2D eigenvalue weighted by molar-refractivity contribution is 5.93. The van der Waals surface area contributed by atoms with Crippen LogP contribution in [0.3, 0.4) is 0 Å². The van der Waals surface area contributed by atoms with E-state index in [1.807, 2.05) is 29.3 Å². The Kier molecular flexibility index (Phi) is 3.78. The summed E-state index contributed by atoms with van der Waals surface area (Å²) in [6, 6.07) is 9.81. The van der Waals surface area contributed by atoms with Crippen molar-refractivity contribution in [3.8, 4) is 0 Å². The number of oxazole rings is 1. The number of rotatable bonds is 3. The molecular formula is C23H21N5O2. The normalized spacial score (nSPS) is 21.0. The maximum Gasteiger partial charge on any atom is 0.292 e. The second kappa shape index (κ2) is 6.52. The number of carbonyl (C=O) groups excluding carboxylic acids is 1. The minimum atomic E-state index is -0.354. The Hall–Kier alpha value is -3.48. The van der Waals surface area contributed by atoms with Crippen LogP contribution in [-0.2, 0) is 0 Å². The highest BCUT2D eigenvalue weighted by Gasteiger charge is 2.41. The average molecular weight is 399 g/mol. The van der Waals surface area contributed by atoms with Crippen LogP contribution in [0.15, 0.2) is 53.7 Å². The maximum atomic E-state index is 13.7. The number of amides is 1. The molecule has 1 amide bonds. The van der Waals surface area contributed by atoms with E-state index in [1.54, 1.807) is 6.33 Å². The molecule has 1 aliphatic heterocycles. The van der Waals surface area contributed by atoms with Crippen LogP contribution in [0.5, 0.6) is 0 Å². The fraction of sp³-hybridized carbons (Fsp3) is 0.304. The number of fused-ring (bicyclic) bond motifs is 2.